The van der Waals surface area contributed by atoms with Gasteiger partial charge in [0.15, 0.2) is 11.8 Å². The second kappa shape index (κ2) is 8.97. The summed E-state index contributed by atoms with van der Waals surface area (Å²) in [6.45, 7) is -0.330. The number of halogens is 2. The zero-order valence-electron chi connectivity index (χ0n) is 13.6. The Kier molecular flexibility index (Phi) is 7.16. The van der Waals surface area contributed by atoms with Gasteiger partial charge in [0.1, 0.15) is 5.69 Å². The molecular formula is C13H16Br2N6O5S. The van der Waals surface area contributed by atoms with E-state index in [1.165, 1.54) is 6.08 Å². The number of hydrogen-bond donors (Lipinski definition) is 6. The number of hydrogen-bond acceptors (Lipinski definition) is 7. The van der Waals surface area contributed by atoms with Crippen LogP contribution in [0.3, 0.4) is 0 Å². The Morgan fingerprint density at radius 2 is 2.19 bits per heavy atom. The number of rotatable bonds is 7. The third-order valence-electron chi connectivity index (χ3n) is 3.14. The quantitative estimate of drug-likeness (QED) is 0.263. The molecule has 1 amide bonds. The minimum atomic E-state index is -4.15. The lowest BCUT2D eigenvalue weighted by atomic mass is 10.2. The van der Waals surface area contributed by atoms with Gasteiger partial charge in [0.05, 0.1) is 33.2 Å². The van der Waals surface area contributed by atoms with Crippen LogP contribution in [-0.2, 0) is 10.1 Å². The van der Waals surface area contributed by atoms with E-state index >= 15 is 0 Å². The molecule has 1 aromatic rings. The van der Waals surface area contributed by atoms with E-state index < -0.39 is 27.9 Å². The number of carbonyl (C=O) groups excluding carboxylic acids is 1. The molecule has 0 saturated heterocycles. The van der Waals surface area contributed by atoms with Crippen molar-refractivity contribution in [3.05, 3.63) is 32.6 Å². The maximum Gasteiger partial charge on any atom is 0.267 e. The summed E-state index contributed by atoms with van der Waals surface area (Å²) in [6.07, 6.45) is 0.238. The Hall–Kier alpha value is -1.74. The minimum absolute atomic E-state index is 0.0178. The standard InChI is InChI=1S/C13H16Br2N6O5S/c14-7-4-9(19-10(7)15)12(23)18-5-6(22)3-8-11(21-13(16)20-8)17-1-2-27(24,25)26/h3-4,6,19,22H,1-2,5H2,(H,18,23)(H,24,25,26)(H3,16,17,20,21)/t6-/m0/s1. The van der Waals surface area contributed by atoms with Crippen LogP contribution in [0.1, 0.15) is 10.5 Å². The summed E-state index contributed by atoms with van der Waals surface area (Å²) in [5, 5.41) is 15.3. The topological polar surface area (TPSA) is 182 Å². The van der Waals surface area contributed by atoms with Crippen molar-refractivity contribution < 1.29 is 22.9 Å². The summed E-state index contributed by atoms with van der Waals surface area (Å²) in [5.74, 6) is -0.891. The number of amidine groups is 1. The molecule has 0 spiro atoms. The molecule has 0 unspecified atom stereocenters. The van der Waals surface area contributed by atoms with Crippen LogP contribution in [0.5, 0.6) is 0 Å². The number of H-pyrrole nitrogens is 1. The smallest absolute Gasteiger partial charge is 0.267 e. The molecule has 0 saturated carbocycles. The average molecular weight is 528 g/mol. The molecule has 2 rings (SSSR count). The van der Waals surface area contributed by atoms with E-state index in [4.69, 9.17) is 10.3 Å². The van der Waals surface area contributed by atoms with Crippen molar-refractivity contribution in [2.45, 2.75) is 6.10 Å². The third-order valence-corrected chi connectivity index (χ3v) is 5.62. The SMILES string of the molecule is NC1=NC(=NCCS(=O)(=O)O)C(=C[C@H](O)CNC(=O)c2cc(Br)c(Br)[nH]2)N1. The highest BCUT2D eigenvalue weighted by Crippen LogP contribution is 2.22. The Morgan fingerprint density at radius 3 is 2.78 bits per heavy atom. The van der Waals surface area contributed by atoms with Crippen molar-refractivity contribution in [1.82, 2.24) is 15.6 Å². The molecule has 0 fully saturated rings. The average Bonchev–Trinajstić information content (AvgIpc) is 3.06. The van der Waals surface area contributed by atoms with Crippen LogP contribution >= 0.6 is 31.9 Å². The molecule has 0 bridgehead atoms. The van der Waals surface area contributed by atoms with Gasteiger partial charge in [-0.3, -0.25) is 14.3 Å². The molecule has 1 atom stereocenters. The van der Waals surface area contributed by atoms with Crippen molar-refractivity contribution in [2.75, 3.05) is 18.8 Å². The molecular weight excluding hydrogens is 512 g/mol. The van der Waals surface area contributed by atoms with Gasteiger partial charge in [-0.15, -0.1) is 0 Å². The lowest BCUT2D eigenvalue weighted by molar-refractivity contribution is 0.0928. The van der Waals surface area contributed by atoms with Crippen molar-refractivity contribution >= 4 is 59.7 Å². The van der Waals surface area contributed by atoms with Crippen molar-refractivity contribution in [3.63, 3.8) is 0 Å². The molecule has 1 aromatic heterocycles. The van der Waals surface area contributed by atoms with Crippen LogP contribution in [0.2, 0.25) is 0 Å². The number of aromatic nitrogens is 1. The predicted octanol–water partition coefficient (Wildman–Crippen LogP) is -0.281. The first-order chi connectivity index (χ1) is 12.5. The van der Waals surface area contributed by atoms with E-state index in [1.54, 1.807) is 6.07 Å². The van der Waals surface area contributed by atoms with Gasteiger partial charge in [-0.2, -0.15) is 13.4 Å². The van der Waals surface area contributed by atoms with Crippen LogP contribution < -0.4 is 16.4 Å². The fourth-order valence-electron chi connectivity index (χ4n) is 1.97. The van der Waals surface area contributed by atoms with E-state index in [2.05, 4.69) is 57.5 Å². The highest BCUT2D eigenvalue weighted by Gasteiger charge is 2.18. The molecule has 2 heterocycles. The number of nitrogens with zero attached hydrogens (tertiary/aromatic N) is 2. The first-order valence-electron chi connectivity index (χ1n) is 7.38. The van der Waals surface area contributed by atoms with Gasteiger partial charge in [0, 0.05) is 6.54 Å². The van der Waals surface area contributed by atoms with Crippen LogP contribution in [0.15, 0.2) is 36.9 Å². The minimum Gasteiger partial charge on any atom is -0.387 e. The number of nitrogens with one attached hydrogen (secondary N) is 3. The molecule has 11 nitrogen and oxygen atoms in total. The summed E-state index contributed by atoms with van der Waals surface area (Å²) in [6, 6.07) is 1.58. The summed E-state index contributed by atoms with van der Waals surface area (Å²) in [4.78, 5) is 22.6. The Bertz CT molecular complexity index is 904. The van der Waals surface area contributed by atoms with Gasteiger partial charge in [0.2, 0.25) is 0 Å². The number of aliphatic imine (C=N–C) groups is 2. The van der Waals surface area contributed by atoms with E-state index in [0.29, 0.717) is 14.8 Å². The van der Waals surface area contributed by atoms with Crippen LogP contribution in [0.25, 0.3) is 0 Å². The molecule has 148 valence electrons. The van der Waals surface area contributed by atoms with Crippen molar-refractivity contribution in [3.8, 4) is 0 Å². The zero-order valence-corrected chi connectivity index (χ0v) is 17.6. The normalized spacial score (nSPS) is 18.4. The van der Waals surface area contributed by atoms with Gasteiger partial charge in [-0.1, -0.05) is 0 Å². The van der Waals surface area contributed by atoms with E-state index in [0.717, 1.165) is 0 Å². The van der Waals surface area contributed by atoms with Gasteiger partial charge in [0.25, 0.3) is 16.0 Å². The zero-order chi connectivity index (χ0) is 20.2. The van der Waals surface area contributed by atoms with Gasteiger partial charge in [-0.25, -0.2) is 0 Å². The van der Waals surface area contributed by atoms with Crippen LogP contribution in [0.4, 0.5) is 0 Å². The largest absolute Gasteiger partial charge is 0.387 e. The van der Waals surface area contributed by atoms with Crippen LogP contribution in [0, 0.1) is 0 Å². The summed E-state index contributed by atoms with van der Waals surface area (Å²) < 4.78 is 31.5. The molecule has 1 aliphatic rings. The fraction of sp³-hybridized carbons (Fsp3) is 0.308. The molecule has 0 radical (unpaired) electrons. The number of nitrogens with two attached hydrogens (primary N) is 1. The second-order valence-electron chi connectivity index (χ2n) is 5.32. The summed E-state index contributed by atoms with van der Waals surface area (Å²) in [7, 11) is -4.15. The highest BCUT2D eigenvalue weighted by molar-refractivity contribution is 9.13. The fourth-order valence-corrected chi connectivity index (χ4v) is 2.95. The Morgan fingerprint density at radius 1 is 1.48 bits per heavy atom. The third kappa shape index (κ3) is 6.73. The molecule has 1 aliphatic heterocycles. The Balaban J connectivity index is 1.97. The van der Waals surface area contributed by atoms with E-state index in [1.807, 2.05) is 0 Å². The molecule has 0 aromatic carbocycles. The first-order valence-corrected chi connectivity index (χ1v) is 10.6. The molecule has 14 heteroatoms. The second-order valence-corrected chi connectivity index (χ2v) is 8.54. The lowest BCUT2D eigenvalue weighted by Crippen LogP contribution is -2.33. The first kappa shape index (κ1) is 21.6. The maximum atomic E-state index is 12.0. The van der Waals surface area contributed by atoms with E-state index in [9.17, 15) is 18.3 Å². The van der Waals surface area contributed by atoms with Crippen LogP contribution in [-0.4, -0.2) is 65.7 Å². The number of aromatic amines is 1. The van der Waals surface area contributed by atoms with Gasteiger partial charge >= 0.3 is 0 Å². The number of aliphatic hydroxyl groups is 1. The summed E-state index contributed by atoms with van der Waals surface area (Å²) >= 11 is 6.48. The Labute approximate surface area is 171 Å². The number of carbonyl (C=O) groups is 1. The van der Waals surface area contributed by atoms with Gasteiger partial charge in [-0.05, 0) is 44.0 Å². The molecule has 0 aliphatic carbocycles. The lowest BCUT2D eigenvalue weighted by Gasteiger charge is -2.09. The number of aliphatic hydroxyl groups excluding tert-OH is 1. The monoisotopic (exact) mass is 526 g/mol. The highest BCUT2D eigenvalue weighted by atomic mass is 79.9. The number of amides is 1. The van der Waals surface area contributed by atoms with Crippen molar-refractivity contribution in [2.24, 2.45) is 15.7 Å². The summed E-state index contributed by atoms with van der Waals surface area (Å²) in [5.41, 5.74) is 6.11. The number of guanidine groups is 1. The van der Waals surface area contributed by atoms with Gasteiger partial charge < -0.3 is 26.5 Å². The predicted molar refractivity (Wildman–Crippen MR) is 106 cm³/mol. The maximum absolute atomic E-state index is 12.0. The molecule has 7 N–H and O–H groups in total. The van der Waals surface area contributed by atoms with Crippen molar-refractivity contribution in [1.29, 1.82) is 0 Å². The molecule has 27 heavy (non-hydrogen) atoms. The van der Waals surface area contributed by atoms with E-state index in [-0.39, 0.29) is 30.6 Å².